The maximum atomic E-state index is 13.5. The maximum absolute atomic E-state index is 13.5. The van der Waals surface area contributed by atoms with Crippen molar-refractivity contribution in [1.29, 1.82) is 0 Å². The van der Waals surface area contributed by atoms with Crippen LogP contribution in [0, 0.1) is 81.7 Å². The molecule has 15 unspecified atom stereocenters. The Hall–Kier alpha value is -7.42. The monoisotopic (exact) mass is 1250 g/mol. The summed E-state index contributed by atoms with van der Waals surface area (Å²) in [6.07, 6.45) is -15.9. The molecule has 0 aromatic rings. The van der Waals surface area contributed by atoms with E-state index in [1.54, 1.807) is 0 Å². The average molecular weight is 1250 g/mol. The molecule has 0 amide bonds. The molecular formula is C59H90O28. The Labute approximate surface area is 502 Å². The Kier molecular flexibility index (Phi) is 22.6. The molecule has 28 heteroatoms. The van der Waals surface area contributed by atoms with Gasteiger partial charge in [0.1, 0.15) is 0 Å². The zero-order valence-electron chi connectivity index (χ0n) is 52.2. The summed E-state index contributed by atoms with van der Waals surface area (Å²) >= 11 is 0. The SMILES string of the molecule is CC1CCC(C)(C(=O)O)CC(C)(C(=O)O)CC(C)(C(=O)O)CC(C)(C(=O)O)CC(C)(C(=O)O)CC(C)(C(=O)O)CC(C)(C(=O)O)CC(C)(C(=O)O)CC(C)(C(=O)O)CC(C)(C(=O)O)CC(C)(C(=O)O)CC(C)(C(=O)O)CC(C)(C(=O)O)CC1(C)C(=O)O. The number of carbonyl (C=O) groups is 14. The Morgan fingerprint density at radius 3 is 0.437 bits per heavy atom. The molecule has 14 N–H and O–H groups in total. The number of rotatable bonds is 14. The largest absolute Gasteiger partial charge is 0.481 e. The molecule has 28 nitrogen and oxygen atoms in total. The third-order valence-corrected chi connectivity index (χ3v) is 19.5. The van der Waals surface area contributed by atoms with E-state index in [1.807, 2.05) is 0 Å². The van der Waals surface area contributed by atoms with Crippen molar-refractivity contribution in [1.82, 2.24) is 0 Å². The zero-order valence-corrected chi connectivity index (χ0v) is 52.2. The zero-order chi connectivity index (χ0) is 69.3. The maximum Gasteiger partial charge on any atom is 0.309 e. The summed E-state index contributed by atoms with van der Waals surface area (Å²) in [5, 5.41) is 153. The highest BCUT2D eigenvalue weighted by Crippen LogP contribution is 2.59. The first-order chi connectivity index (χ1) is 38.5. The van der Waals surface area contributed by atoms with Crippen molar-refractivity contribution in [2.75, 3.05) is 0 Å². The molecule has 0 spiro atoms. The average Bonchev–Trinajstić information content (AvgIpc) is 0.849. The molecule has 1 aliphatic rings. The molecule has 0 bridgehead atoms. The molecule has 1 saturated carbocycles. The molecule has 1 aliphatic carbocycles. The van der Waals surface area contributed by atoms with Crippen molar-refractivity contribution in [3.05, 3.63) is 0 Å². The van der Waals surface area contributed by atoms with E-state index in [9.17, 15) is 139 Å². The fourth-order valence-corrected chi connectivity index (χ4v) is 15.3. The summed E-state index contributed by atoms with van der Waals surface area (Å²) in [4.78, 5) is 189. The van der Waals surface area contributed by atoms with Gasteiger partial charge in [-0.3, -0.25) is 67.1 Å². The number of hydrogen-bond donors (Lipinski definition) is 14. The van der Waals surface area contributed by atoms with Crippen molar-refractivity contribution in [2.24, 2.45) is 81.7 Å². The number of aliphatic carboxylic acids is 14. The van der Waals surface area contributed by atoms with Gasteiger partial charge in [0, 0.05) is 0 Å². The van der Waals surface area contributed by atoms with Crippen LogP contribution in [0.2, 0.25) is 0 Å². The summed E-state index contributed by atoms with van der Waals surface area (Å²) < 4.78 is 0. The van der Waals surface area contributed by atoms with Crippen molar-refractivity contribution in [2.45, 2.75) is 200 Å². The number of carboxylic acid groups (broad SMARTS) is 14. The third kappa shape index (κ3) is 16.6. The van der Waals surface area contributed by atoms with Gasteiger partial charge in [0.15, 0.2) is 0 Å². The van der Waals surface area contributed by atoms with Gasteiger partial charge in [-0.15, -0.1) is 0 Å². The van der Waals surface area contributed by atoms with Crippen LogP contribution in [-0.2, 0) is 67.1 Å². The Morgan fingerprint density at radius 1 is 0.207 bits per heavy atom. The normalized spacial score (nSPS) is 40.3. The predicted molar refractivity (Wildman–Crippen MR) is 299 cm³/mol. The smallest absolute Gasteiger partial charge is 0.309 e. The highest BCUT2D eigenvalue weighted by molar-refractivity contribution is 5.87. The lowest BCUT2D eigenvalue weighted by Crippen LogP contribution is -2.51. The summed E-state index contributed by atoms with van der Waals surface area (Å²) in [6.45, 7) is 14.0. The summed E-state index contributed by atoms with van der Waals surface area (Å²) in [5.41, 5.74) is -35.7. The van der Waals surface area contributed by atoms with Gasteiger partial charge in [-0.1, -0.05) is 6.92 Å². The Bertz CT molecular complexity index is 2830. The summed E-state index contributed by atoms with van der Waals surface area (Å²) in [5.74, 6) is -27.5. The first kappa shape index (κ1) is 77.6. The number of hydrogen-bond acceptors (Lipinski definition) is 14. The van der Waals surface area contributed by atoms with Gasteiger partial charge < -0.3 is 71.5 Å². The second kappa shape index (κ2) is 25.4. The van der Waals surface area contributed by atoms with Gasteiger partial charge in [0.25, 0.3) is 0 Å². The second-order valence-electron chi connectivity index (χ2n) is 29.7. The highest BCUT2D eigenvalue weighted by Gasteiger charge is 2.62. The molecule has 0 saturated heterocycles. The van der Waals surface area contributed by atoms with Crippen LogP contribution in [0.3, 0.4) is 0 Å². The van der Waals surface area contributed by atoms with E-state index in [0.29, 0.717) is 0 Å². The third-order valence-electron chi connectivity index (χ3n) is 19.5. The van der Waals surface area contributed by atoms with E-state index in [4.69, 9.17) is 0 Å². The van der Waals surface area contributed by atoms with Crippen LogP contribution in [0.4, 0.5) is 0 Å². The van der Waals surface area contributed by atoms with Crippen LogP contribution in [0.25, 0.3) is 0 Å². The minimum absolute atomic E-state index is 0.485. The Balaban J connectivity index is 4.88. The van der Waals surface area contributed by atoms with E-state index in [0.717, 1.165) is 96.9 Å². The van der Waals surface area contributed by atoms with E-state index in [2.05, 4.69) is 0 Å². The second-order valence-corrected chi connectivity index (χ2v) is 29.7. The van der Waals surface area contributed by atoms with E-state index < -0.39 is 262 Å². The van der Waals surface area contributed by atoms with Crippen LogP contribution in [-0.4, -0.2) is 155 Å². The van der Waals surface area contributed by atoms with E-state index >= 15 is 0 Å². The lowest BCUT2D eigenvalue weighted by Gasteiger charge is -2.46. The Morgan fingerprint density at radius 2 is 0.322 bits per heavy atom. The van der Waals surface area contributed by atoms with Crippen LogP contribution >= 0.6 is 0 Å². The molecule has 1 rings (SSSR count). The van der Waals surface area contributed by atoms with Gasteiger partial charge in [-0.05, 0) is 199 Å². The molecule has 87 heavy (non-hydrogen) atoms. The lowest BCUT2D eigenvalue weighted by atomic mass is 9.55. The molecule has 1 fully saturated rings. The molecule has 494 valence electrons. The van der Waals surface area contributed by atoms with Crippen LogP contribution < -0.4 is 0 Å². The summed E-state index contributed by atoms with van der Waals surface area (Å²) in [6, 6.07) is 0. The van der Waals surface area contributed by atoms with Crippen molar-refractivity contribution in [3.63, 3.8) is 0 Å². The number of carboxylic acids is 14. The molecule has 0 radical (unpaired) electrons. The van der Waals surface area contributed by atoms with E-state index in [-0.39, 0.29) is 0 Å². The fourth-order valence-electron chi connectivity index (χ4n) is 15.3. The molecular weight excluding hydrogens is 1160 g/mol. The van der Waals surface area contributed by atoms with Gasteiger partial charge in [-0.25, -0.2) is 0 Å². The van der Waals surface area contributed by atoms with Crippen LogP contribution in [0.15, 0.2) is 0 Å². The van der Waals surface area contributed by atoms with Crippen molar-refractivity contribution >= 4 is 83.6 Å². The highest BCUT2D eigenvalue weighted by atomic mass is 16.4. The minimum Gasteiger partial charge on any atom is -0.481 e. The standard InChI is InChI=1S/C59H90O28/c1-31-16-17-46(2,32(60)61)18-47(3,33(62)63)19-48(4,34(64)65)20-49(5,35(66)67)21-50(6,36(68)69)22-51(7,37(70)71)23-52(8,38(72)73)24-53(9,39(74)75)25-54(10,40(76)77)26-55(11,41(78)79)27-56(12,42(80)81)28-57(13,43(82)83)29-58(14,44(84)85)30-59(31,15)45(86)87/h31H,16-30H2,1-15H3,(H,60,61)(H,62,63)(H,64,65)(H,66,67)(H,68,69)(H,70,71)(H,72,73)(H,74,75)(H,76,77)(H,78,79)(H,80,81)(H,82,83)(H,84,85)(H,86,87). The first-order valence-corrected chi connectivity index (χ1v) is 27.8. The molecule has 0 aromatic carbocycles. The van der Waals surface area contributed by atoms with E-state index in [1.165, 1.54) is 6.92 Å². The van der Waals surface area contributed by atoms with Gasteiger partial charge in [0.05, 0.1) is 75.8 Å². The van der Waals surface area contributed by atoms with Crippen LogP contribution in [0.5, 0.6) is 0 Å². The van der Waals surface area contributed by atoms with Gasteiger partial charge in [-0.2, -0.15) is 0 Å². The topological polar surface area (TPSA) is 522 Å². The van der Waals surface area contributed by atoms with Crippen molar-refractivity contribution < 1.29 is 139 Å². The van der Waals surface area contributed by atoms with Crippen molar-refractivity contribution in [3.8, 4) is 0 Å². The van der Waals surface area contributed by atoms with Gasteiger partial charge >= 0.3 is 83.6 Å². The molecule has 15 atom stereocenters. The molecule has 0 heterocycles. The first-order valence-electron chi connectivity index (χ1n) is 27.8. The molecule has 0 aliphatic heterocycles. The lowest BCUT2D eigenvalue weighted by molar-refractivity contribution is -0.171. The quantitative estimate of drug-likeness (QED) is 0.0789. The molecule has 0 aromatic heterocycles. The predicted octanol–water partition coefficient (Wildman–Crippen LogP) is 7.76. The van der Waals surface area contributed by atoms with Gasteiger partial charge in [0.2, 0.25) is 0 Å². The minimum atomic E-state index is -2.66. The fraction of sp³-hybridized carbons (Fsp3) is 0.763. The summed E-state index contributed by atoms with van der Waals surface area (Å²) in [7, 11) is 0. The van der Waals surface area contributed by atoms with Crippen LogP contribution in [0.1, 0.15) is 200 Å².